The molecule has 4 rings (SSSR count). The standard InChI is InChI=1S/C25H26N6O6S2/c1-34-20-10-6-7-11-21(20)37-22-23(31-39(32,33)30-14-18-8-4-3-5-9-18)28-17-29-24(22)35-12-13-36-25-26-15-19(38-2)16-27-25/h3-11,15-17,30H,12-14H2,1-2H3,(H,28,29,31). The molecule has 2 heterocycles. The second-order valence-electron chi connectivity index (χ2n) is 7.62. The zero-order chi connectivity index (χ0) is 27.5. The van der Waals surface area contributed by atoms with Crippen molar-refractivity contribution in [1.82, 2.24) is 24.7 Å². The molecule has 0 saturated carbocycles. The average molecular weight is 571 g/mol. The maximum Gasteiger partial charge on any atom is 0.316 e. The van der Waals surface area contributed by atoms with Gasteiger partial charge in [-0.2, -0.15) is 18.1 Å². The fraction of sp³-hybridized carbons (Fsp3) is 0.200. The normalized spacial score (nSPS) is 11.0. The number of hydrogen-bond acceptors (Lipinski definition) is 11. The van der Waals surface area contributed by atoms with Crippen LogP contribution in [0.15, 0.2) is 78.2 Å². The van der Waals surface area contributed by atoms with E-state index in [9.17, 15) is 8.42 Å². The lowest BCUT2D eigenvalue weighted by molar-refractivity contribution is 0.197. The zero-order valence-corrected chi connectivity index (χ0v) is 22.7. The third-order valence-electron chi connectivity index (χ3n) is 4.99. The molecule has 0 unspecified atom stereocenters. The summed E-state index contributed by atoms with van der Waals surface area (Å²) in [4.78, 5) is 17.4. The van der Waals surface area contributed by atoms with E-state index in [2.05, 4.69) is 29.4 Å². The smallest absolute Gasteiger partial charge is 0.316 e. The minimum Gasteiger partial charge on any atom is -0.493 e. The quantitative estimate of drug-likeness (QED) is 0.169. The van der Waals surface area contributed by atoms with Crippen LogP contribution in [-0.4, -0.2) is 54.9 Å². The van der Waals surface area contributed by atoms with Gasteiger partial charge in [0, 0.05) is 23.8 Å². The van der Waals surface area contributed by atoms with Crippen LogP contribution >= 0.6 is 11.8 Å². The predicted octanol–water partition coefficient (Wildman–Crippen LogP) is 3.69. The van der Waals surface area contributed by atoms with E-state index in [1.165, 1.54) is 18.9 Å². The molecular formula is C25H26N6O6S2. The molecule has 0 fully saturated rings. The monoisotopic (exact) mass is 570 g/mol. The van der Waals surface area contributed by atoms with Crippen molar-refractivity contribution < 1.29 is 27.4 Å². The van der Waals surface area contributed by atoms with Crippen LogP contribution in [0.1, 0.15) is 5.56 Å². The summed E-state index contributed by atoms with van der Waals surface area (Å²) >= 11 is 1.52. The van der Waals surface area contributed by atoms with Crippen LogP contribution in [0.2, 0.25) is 0 Å². The molecule has 4 aromatic rings. The van der Waals surface area contributed by atoms with Crippen LogP contribution in [0.4, 0.5) is 5.82 Å². The highest BCUT2D eigenvalue weighted by Gasteiger charge is 2.22. The maximum atomic E-state index is 12.8. The third-order valence-corrected chi connectivity index (χ3v) is 6.65. The van der Waals surface area contributed by atoms with Crippen LogP contribution in [0.25, 0.3) is 0 Å². The van der Waals surface area contributed by atoms with E-state index in [0.717, 1.165) is 16.8 Å². The largest absolute Gasteiger partial charge is 0.493 e. The number of anilines is 1. The molecule has 12 nitrogen and oxygen atoms in total. The van der Waals surface area contributed by atoms with Gasteiger partial charge in [-0.3, -0.25) is 4.72 Å². The van der Waals surface area contributed by atoms with Crippen molar-refractivity contribution in [2.75, 3.05) is 31.3 Å². The minimum atomic E-state index is -4.05. The van der Waals surface area contributed by atoms with E-state index in [1.54, 1.807) is 48.8 Å². The van der Waals surface area contributed by atoms with Crippen molar-refractivity contribution in [2.24, 2.45) is 0 Å². The fourth-order valence-corrected chi connectivity index (χ4v) is 4.28. The number of para-hydroxylation sites is 2. The van der Waals surface area contributed by atoms with Gasteiger partial charge in [0.2, 0.25) is 5.75 Å². The molecule has 204 valence electrons. The summed E-state index contributed by atoms with van der Waals surface area (Å²) in [5.74, 6) is 0.503. The van der Waals surface area contributed by atoms with Gasteiger partial charge in [0.1, 0.15) is 19.5 Å². The van der Waals surface area contributed by atoms with E-state index in [0.29, 0.717) is 11.5 Å². The van der Waals surface area contributed by atoms with E-state index in [4.69, 9.17) is 18.9 Å². The van der Waals surface area contributed by atoms with E-state index >= 15 is 0 Å². The molecule has 2 aromatic heterocycles. The number of benzene rings is 2. The Labute approximate surface area is 230 Å². The lowest BCUT2D eigenvalue weighted by atomic mass is 10.2. The molecule has 0 aliphatic heterocycles. The average Bonchev–Trinajstić information content (AvgIpc) is 2.96. The zero-order valence-electron chi connectivity index (χ0n) is 21.1. The van der Waals surface area contributed by atoms with Crippen LogP contribution in [-0.2, 0) is 16.8 Å². The Hall–Kier alpha value is -4.14. The van der Waals surface area contributed by atoms with Crippen LogP contribution in [0.5, 0.6) is 29.1 Å². The van der Waals surface area contributed by atoms with Gasteiger partial charge in [0.25, 0.3) is 5.88 Å². The van der Waals surface area contributed by atoms with Crippen molar-refractivity contribution in [3.05, 3.63) is 78.9 Å². The van der Waals surface area contributed by atoms with Crippen molar-refractivity contribution in [2.45, 2.75) is 11.4 Å². The Balaban J connectivity index is 1.51. The number of nitrogens with zero attached hydrogens (tertiary/aromatic N) is 4. The van der Waals surface area contributed by atoms with Crippen molar-refractivity contribution in [1.29, 1.82) is 0 Å². The number of methoxy groups -OCH3 is 1. The Morgan fingerprint density at radius 1 is 0.872 bits per heavy atom. The molecule has 39 heavy (non-hydrogen) atoms. The SMILES string of the molecule is COc1ccccc1Oc1c(NS(=O)(=O)NCc2ccccc2)ncnc1OCCOc1ncc(SC)cn1. The van der Waals surface area contributed by atoms with Gasteiger partial charge in [0.15, 0.2) is 17.3 Å². The molecule has 0 aliphatic carbocycles. The minimum absolute atomic E-state index is 0.0149. The van der Waals surface area contributed by atoms with Gasteiger partial charge in [-0.15, -0.1) is 11.8 Å². The van der Waals surface area contributed by atoms with Gasteiger partial charge in [-0.05, 0) is 24.0 Å². The summed E-state index contributed by atoms with van der Waals surface area (Å²) in [5, 5.41) is 0. The van der Waals surface area contributed by atoms with Gasteiger partial charge >= 0.3 is 16.2 Å². The second kappa shape index (κ2) is 13.6. The molecule has 0 bridgehead atoms. The summed E-state index contributed by atoms with van der Waals surface area (Å²) in [6.07, 6.45) is 6.39. The van der Waals surface area contributed by atoms with Crippen LogP contribution in [0.3, 0.4) is 0 Å². The first-order valence-electron chi connectivity index (χ1n) is 11.6. The van der Waals surface area contributed by atoms with Crippen molar-refractivity contribution in [3.63, 3.8) is 0 Å². The predicted molar refractivity (Wildman–Crippen MR) is 146 cm³/mol. The van der Waals surface area contributed by atoms with Crippen LogP contribution in [0, 0.1) is 0 Å². The molecule has 14 heteroatoms. The Bertz CT molecular complexity index is 1460. The Morgan fingerprint density at radius 3 is 2.28 bits per heavy atom. The van der Waals surface area contributed by atoms with Crippen molar-refractivity contribution in [3.8, 4) is 29.1 Å². The van der Waals surface area contributed by atoms with Gasteiger partial charge in [0.05, 0.1) is 7.11 Å². The number of hydrogen-bond donors (Lipinski definition) is 2. The van der Waals surface area contributed by atoms with E-state index in [1.807, 2.05) is 24.5 Å². The Morgan fingerprint density at radius 2 is 1.56 bits per heavy atom. The van der Waals surface area contributed by atoms with Crippen molar-refractivity contribution >= 4 is 27.8 Å². The topological polar surface area (TPSA) is 147 Å². The van der Waals surface area contributed by atoms with Gasteiger partial charge in [-0.25, -0.2) is 15.0 Å². The van der Waals surface area contributed by atoms with Gasteiger partial charge in [-0.1, -0.05) is 42.5 Å². The summed E-state index contributed by atoms with van der Waals surface area (Å²) in [7, 11) is -2.56. The number of thioether (sulfide) groups is 1. The third kappa shape index (κ3) is 8.17. The fourth-order valence-electron chi connectivity index (χ4n) is 3.13. The lowest BCUT2D eigenvalue weighted by Gasteiger charge is -2.17. The number of nitrogens with one attached hydrogen (secondary N) is 2. The first-order chi connectivity index (χ1) is 19.0. The molecule has 0 amide bonds. The highest BCUT2D eigenvalue weighted by molar-refractivity contribution is 7.98. The summed E-state index contributed by atoms with van der Waals surface area (Å²) in [6, 6.07) is 16.2. The molecule has 2 N–H and O–H groups in total. The van der Waals surface area contributed by atoms with Crippen LogP contribution < -0.4 is 28.4 Å². The molecule has 0 atom stereocenters. The summed E-state index contributed by atoms with van der Waals surface area (Å²) < 4.78 is 53.2. The molecule has 0 radical (unpaired) electrons. The summed E-state index contributed by atoms with van der Waals surface area (Å²) in [6.45, 7) is 0.201. The molecular weight excluding hydrogens is 544 g/mol. The Kier molecular flexibility index (Phi) is 9.72. The highest BCUT2D eigenvalue weighted by atomic mass is 32.2. The van der Waals surface area contributed by atoms with E-state index < -0.39 is 10.2 Å². The first kappa shape index (κ1) is 27.9. The van der Waals surface area contributed by atoms with Gasteiger partial charge < -0.3 is 18.9 Å². The maximum absolute atomic E-state index is 12.8. The highest BCUT2D eigenvalue weighted by Crippen LogP contribution is 2.39. The molecule has 2 aromatic carbocycles. The second-order valence-corrected chi connectivity index (χ2v) is 10.0. The molecule has 0 saturated heterocycles. The summed E-state index contributed by atoms with van der Waals surface area (Å²) in [5.41, 5.74) is 0.784. The van der Waals surface area contributed by atoms with E-state index in [-0.39, 0.29) is 43.2 Å². The molecule has 0 aliphatic rings. The first-order valence-corrected chi connectivity index (χ1v) is 14.3. The molecule has 0 spiro atoms. The number of aromatic nitrogens is 4. The number of rotatable bonds is 14. The lowest BCUT2D eigenvalue weighted by Crippen LogP contribution is -2.30. The number of ether oxygens (including phenoxy) is 4.